The number of thioether (sulfide) groups is 1. The number of benzene rings is 1. The molecule has 0 bridgehead atoms. The number of anilines is 2. The number of nitrogens with one attached hydrogen (secondary N) is 2. The van der Waals surface area contributed by atoms with Gasteiger partial charge in [0.25, 0.3) is 0 Å². The lowest BCUT2D eigenvalue weighted by atomic mass is 10.0. The van der Waals surface area contributed by atoms with Crippen LogP contribution in [0.3, 0.4) is 0 Å². The summed E-state index contributed by atoms with van der Waals surface area (Å²) >= 11 is 2.89. The highest BCUT2D eigenvalue weighted by molar-refractivity contribution is 8.01. The molecule has 1 heterocycles. The van der Waals surface area contributed by atoms with E-state index in [1.165, 1.54) is 34.2 Å². The summed E-state index contributed by atoms with van der Waals surface area (Å²) in [5, 5.41) is 15.5. The summed E-state index contributed by atoms with van der Waals surface area (Å²) in [6, 6.07) is 6.36. The van der Waals surface area contributed by atoms with Crippen LogP contribution in [-0.4, -0.2) is 27.4 Å². The number of aryl methyl sites for hydroxylation is 2. The van der Waals surface area contributed by atoms with E-state index in [-0.39, 0.29) is 11.4 Å². The van der Waals surface area contributed by atoms with Crippen LogP contribution < -0.4 is 10.6 Å². The number of rotatable bonds is 7. The molecule has 5 nitrogen and oxygen atoms in total. The Labute approximate surface area is 158 Å². The third kappa shape index (κ3) is 6.01. The predicted octanol–water partition coefficient (Wildman–Crippen LogP) is 4.41. The molecule has 2 aromatic rings. The van der Waals surface area contributed by atoms with Gasteiger partial charge in [0, 0.05) is 11.2 Å². The number of carbonyl (C=O) groups is 1. The third-order valence-corrected chi connectivity index (χ3v) is 5.45. The first-order valence-corrected chi connectivity index (χ1v) is 10.3. The van der Waals surface area contributed by atoms with Gasteiger partial charge in [0.2, 0.25) is 11.0 Å². The zero-order valence-corrected chi connectivity index (χ0v) is 17.1. The van der Waals surface area contributed by atoms with Crippen molar-refractivity contribution < 1.29 is 4.79 Å². The molecule has 0 aliphatic heterocycles. The lowest BCUT2D eigenvalue weighted by Crippen LogP contribution is -2.41. The molecular weight excluding hydrogens is 352 g/mol. The molecule has 2 N–H and O–H groups in total. The van der Waals surface area contributed by atoms with Crippen molar-refractivity contribution in [2.75, 3.05) is 11.1 Å². The van der Waals surface area contributed by atoms with Crippen molar-refractivity contribution >= 4 is 39.8 Å². The van der Waals surface area contributed by atoms with Crippen molar-refractivity contribution in [1.82, 2.24) is 15.5 Å². The number of hydrogen-bond donors (Lipinski definition) is 2. The normalized spacial score (nSPS) is 11.4. The quantitative estimate of drug-likeness (QED) is 0.699. The van der Waals surface area contributed by atoms with E-state index in [1.54, 1.807) is 0 Å². The molecule has 0 saturated carbocycles. The van der Waals surface area contributed by atoms with Gasteiger partial charge in [-0.25, -0.2) is 0 Å². The minimum Gasteiger partial charge on any atom is -0.351 e. The molecule has 0 spiro atoms. The third-order valence-electron chi connectivity index (χ3n) is 3.48. The first kappa shape index (κ1) is 19.7. The molecule has 0 unspecified atom stereocenters. The van der Waals surface area contributed by atoms with Crippen LogP contribution in [0, 0.1) is 0 Å². The van der Waals surface area contributed by atoms with Crippen molar-refractivity contribution in [2.45, 2.75) is 57.3 Å². The van der Waals surface area contributed by atoms with Crippen molar-refractivity contribution in [2.24, 2.45) is 0 Å². The molecule has 0 radical (unpaired) electrons. The molecule has 0 aliphatic rings. The van der Waals surface area contributed by atoms with Crippen LogP contribution in [0.1, 0.15) is 45.7 Å². The SMILES string of the molecule is CCc1cccc(CC)c1Nc1nnc(SCC(=O)NC(C)(C)C)s1. The molecule has 1 aromatic carbocycles. The van der Waals surface area contributed by atoms with Gasteiger partial charge < -0.3 is 10.6 Å². The van der Waals surface area contributed by atoms with Crippen LogP contribution in [-0.2, 0) is 17.6 Å². The van der Waals surface area contributed by atoms with E-state index in [2.05, 4.69) is 52.9 Å². The lowest BCUT2D eigenvalue weighted by molar-refractivity contribution is -0.119. The molecule has 25 heavy (non-hydrogen) atoms. The van der Waals surface area contributed by atoms with E-state index in [1.807, 2.05) is 20.8 Å². The highest BCUT2D eigenvalue weighted by Gasteiger charge is 2.15. The summed E-state index contributed by atoms with van der Waals surface area (Å²) in [6.45, 7) is 10.2. The fourth-order valence-electron chi connectivity index (χ4n) is 2.41. The summed E-state index contributed by atoms with van der Waals surface area (Å²) in [4.78, 5) is 11.9. The molecule has 0 fully saturated rings. The Morgan fingerprint density at radius 1 is 1.16 bits per heavy atom. The van der Waals surface area contributed by atoms with Gasteiger partial charge in [-0.05, 0) is 44.7 Å². The van der Waals surface area contributed by atoms with Crippen molar-refractivity contribution in [3.05, 3.63) is 29.3 Å². The van der Waals surface area contributed by atoms with Crippen molar-refractivity contribution in [1.29, 1.82) is 0 Å². The van der Waals surface area contributed by atoms with E-state index in [0.717, 1.165) is 28.0 Å². The zero-order chi connectivity index (χ0) is 18.4. The van der Waals surface area contributed by atoms with Gasteiger partial charge in [0.1, 0.15) is 0 Å². The van der Waals surface area contributed by atoms with Crippen LogP contribution in [0.5, 0.6) is 0 Å². The van der Waals surface area contributed by atoms with Crippen molar-refractivity contribution in [3.8, 4) is 0 Å². The van der Waals surface area contributed by atoms with Gasteiger partial charge in [-0.3, -0.25) is 4.79 Å². The molecule has 2 rings (SSSR count). The number of amides is 1. The average Bonchev–Trinajstić information content (AvgIpc) is 2.99. The first-order valence-electron chi connectivity index (χ1n) is 8.47. The van der Waals surface area contributed by atoms with Crippen molar-refractivity contribution in [3.63, 3.8) is 0 Å². The standard InChI is InChI=1S/C18H26N4OS2/c1-6-12-9-8-10-13(7-2)15(12)19-16-21-22-17(25-16)24-11-14(23)20-18(3,4)5/h8-10H,6-7,11H2,1-5H3,(H,19,21)(H,20,23). The molecule has 1 aromatic heterocycles. The minimum atomic E-state index is -0.216. The van der Waals surface area contributed by atoms with E-state index < -0.39 is 0 Å². The maximum atomic E-state index is 11.9. The van der Waals surface area contributed by atoms with Gasteiger partial charge >= 0.3 is 0 Å². The van der Waals surface area contributed by atoms with Gasteiger partial charge in [-0.1, -0.05) is 55.1 Å². The Balaban J connectivity index is 2.02. The summed E-state index contributed by atoms with van der Waals surface area (Å²) in [7, 11) is 0. The van der Waals surface area contributed by atoms with Gasteiger partial charge in [-0.2, -0.15) is 0 Å². The second-order valence-electron chi connectivity index (χ2n) is 6.74. The summed E-state index contributed by atoms with van der Waals surface area (Å²) in [5.74, 6) is 0.351. The lowest BCUT2D eigenvalue weighted by Gasteiger charge is -2.19. The molecule has 1 amide bonds. The number of hydrogen-bond acceptors (Lipinski definition) is 6. The largest absolute Gasteiger partial charge is 0.351 e. The molecule has 136 valence electrons. The zero-order valence-electron chi connectivity index (χ0n) is 15.5. The summed E-state index contributed by atoms with van der Waals surface area (Å²) in [6.07, 6.45) is 1.92. The van der Waals surface area contributed by atoms with Crippen LogP contribution >= 0.6 is 23.1 Å². The van der Waals surface area contributed by atoms with E-state index in [4.69, 9.17) is 0 Å². The molecular formula is C18H26N4OS2. The smallest absolute Gasteiger partial charge is 0.230 e. The number of para-hydroxylation sites is 1. The van der Waals surface area contributed by atoms with E-state index in [9.17, 15) is 4.79 Å². The van der Waals surface area contributed by atoms with Crippen LogP contribution in [0.2, 0.25) is 0 Å². The Morgan fingerprint density at radius 2 is 1.80 bits per heavy atom. The van der Waals surface area contributed by atoms with Gasteiger partial charge in [0.05, 0.1) is 5.75 Å². The molecule has 0 atom stereocenters. The molecule has 0 saturated heterocycles. The van der Waals surface area contributed by atoms with Gasteiger partial charge in [-0.15, -0.1) is 10.2 Å². The maximum Gasteiger partial charge on any atom is 0.230 e. The fraction of sp³-hybridized carbons (Fsp3) is 0.500. The summed E-state index contributed by atoms with van der Waals surface area (Å²) in [5.41, 5.74) is 3.46. The Hall–Kier alpha value is -1.60. The Kier molecular flexibility index (Phi) is 6.84. The van der Waals surface area contributed by atoms with E-state index >= 15 is 0 Å². The highest BCUT2D eigenvalue weighted by Crippen LogP contribution is 2.31. The Bertz CT molecular complexity index is 700. The first-order chi connectivity index (χ1) is 11.8. The summed E-state index contributed by atoms with van der Waals surface area (Å²) < 4.78 is 0.790. The highest BCUT2D eigenvalue weighted by atomic mass is 32.2. The Morgan fingerprint density at radius 3 is 2.36 bits per heavy atom. The predicted molar refractivity (Wildman–Crippen MR) is 107 cm³/mol. The van der Waals surface area contributed by atoms with Crippen LogP contribution in [0.15, 0.2) is 22.5 Å². The molecule has 0 aliphatic carbocycles. The minimum absolute atomic E-state index is 0.00630. The maximum absolute atomic E-state index is 11.9. The average molecular weight is 379 g/mol. The fourth-order valence-corrected chi connectivity index (χ4v) is 3.97. The van der Waals surface area contributed by atoms with Crippen LogP contribution in [0.25, 0.3) is 0 Å². The number of nitrogens with zero attached hydrogens (tertiary/aromatic N) is 2. The monoisotopic (exact) mass is 378 g/mol. The van der Waals surface area contributed by atoms with Crippen LogP contribution in [0.4, 0.5) is 10.8 Å². The molecule has 7 heteroatoms. The topological polar surface area (TPSA) is 66.9 Å². The second-order valence-corrected chi connectivity index (χ2v) is 8.94. The number of aromatic nitrogens is 2. The number of carbonyl (C=O) groups excluding carboxylic acids is 1. The van der Waals surface area contributed by atoms with E-state index in [0.29, 0.717) is 5.75 Å². The van der Waals surface area contributed by atoms with Gasteiger partial charge in [0.15, 0.2) is 4.34 Å². The second kappa shape index (κ2) is 8.67.